The van der Waals surface area contributed by atoms with Gasteiger partial charge < -0.3 is 5.32 Å². The number of amides is 1. The Morgan fingerprint density at radius 2 is 1.83 bits per heavy atom. The zero-order chi connectivity index (χ0) is 20.7. The predicted molar refractivity (Wildman–Crippen MR) is 116 cm³/mol. The van der Waals surface area contributed by atoms with Crippen molar-refractivity contribution >= 4 is 33.0 Å². The second-order valence-electron chi connectivity index (χ2n) is 6.32. The van der Waals surface area contributed by atoms with Gasteiger partial charge in [0, 0.05) is 24.2 Å². The highest BCUT2D eigenvalue weighted by Gasteiger charge is 2.13. The van der Waals surface area contributed by atoms with Gasteiger partial charge in [0.25, 0.3) is 0 Å². The molecule has 1 aromatic heterocycles. The quantitative estimate of drug-likeness (QED) is 0.592. The average molecular weight is 425 g/mol. The van der Waals surface area contributed by atoms with E-state index in [4.69, 9.17) is 0 Å². The van der Waals surface area contributed by atoms with E-state index in [9.17, 15) is 13.2 Å². The van der Waals surface area contributed by atoms with Crippen LogP contribution in [0.3, 0.4) is 0 Å². The molecule has 2 aromatic carbocycles. The molecule has 0 aliphatic carbocycles. The van der Waals surface area contributed by atoms with Gasteiger partial charge in [-0.3, -0.25) is 4.79 Å². The predicted octanol–water partition coefficient (Wildman–Crippen LogP) is 3.76. The topological polar surface area (TPSA) is 75.3 Å². The van der Waals surface area contributed by atoms with Gasteiger partial charge >= 0.3 is 0 Å². The molecule has 0 saturated heterocycles. The second kappa shape index (κ2) is 9.52. The van der Waals surface area contributed by atoms with Gasteiger partial charge in [0.2, 0.25) is 15.9 Å². The van der Waals surface area contributed by atoms with E-state index in [1.807, 2.05) is 36.6 Å². The number of sulfonamides is 1. The van der Waals surface area contributed by atoms with Gasteiger partial charge in [-0.2, -0.15) is 0 Å². The fourth-order valence-electron chi connectivity index (χ4n) is 2.48. The van der Waals surface area contributed by atoms with Gasteiger partial charge in [-0.05, 0) is 48.7 Å². The van der Waals surface area contributed by atoms with Crippen LogP contribution in [0.4, 0.5) is 5.69 Å². The molecule has 0 radical (unpaired) electrons. The van der Waals surface area contributed by atoms with Gasteiger partial charge in [0.05, 0.1) is 9.77 Å². The van der Waals surface area contributed by atoms with Gasteiger partial charge in [-0.1, -0.05) is 41.7 Å². The number of anilines is 1. The maximum atomic E-state index is 12.2. The number of aryl methyl sites for hydroxylation is 1. The molecule has 0 aliphatic heterocycles. The highest BCUT2D eigenvalue weighted by molar-refractivity contribution is 7.89. The summed E-state index contributed by atoms with van der Waals surface area (Å²) in [5, 5.41) is 4.74. The first-order valence-electron chi connectivity index (χ1n) is 8.94. The van der Waals surface area contributed by atoms with Crippen molar-refractivity contribution < 1.29 is 13.2 Å². The SMILES string of the molecule is Cc1ccc(S(=O)(=O)NCCC(=O)Nc2cccc(C#Cc3cccs3)c2)cc1. The molecular weight excluding hydrogens is 404 g/mol. The average Bonchev–Trinajstić information content (AvgIpc) is 3.20. The van der Waals surface area contributed by atoms with Gasteiger partial charge in [-0.15, -0.1) is 11.3 Å². The number of thiophene rings is 1. The lowest BCUT2D eigenvalue weighted by Crippen LogP contribution is -2.27. The molecule has 0 spiro atoms. The third kappa shape index (κ3) is 6.29. The molecule has 3 rings (SSSR count). The Balaban J connectivity index is 1.53. The first-order chi connectivity index (χ1) is 13.9. The van der Waals surface area contributed by atoms with Crippen LogP contribution < -0.4 is 10.0 Å². The van der Waals surface area contributed by atoms with E-state index < -0.39 is 10.0 Å². The maximum absolute atomic E-state index is 12.2. The Hall–Kier alpha value is -2.92. The van der Waals surface area contributed by atoms with Crippen LogP contribution in [0.1, 0.15) is 22.4 Å². The third-order valence-electron chi connectivity index (χ3n) is 3.97. The first kappa shape index (κ1) is 20.8. The molecule has 7 heteroatoms. The molecule has 0 bridgehead atoms. The summed E-state index contributed by atoms with van der Waals surface area (Å²) in [5.41, 5.74) is 2.39. The standard InChI is InChI=1S/C22H20N2O3S2/c1-17-7-11-21(12-8-17)29(26,27)23-14-13-22(25)24-19-5-2-4-18(16-19)9-10-20-6-3-15-28-20/h2-8,11-12,15-16,23H,13-14H2,1H3,(H,24,25). The highest BCUT2D eigenvalue weighted by atomic mass is 32.2. The lowest BCUT2D eigenvalue weighted by atomic mass is 10.2. The molecule has 148 valence electrons. The van der Waals surface area contributed by atoms with Gasteiger partial charge in [0.15, 0.2) is 0 Å². The molecule has 1 heterocycles. The Morgan fingerprint density at radius 3 is 2.55 bits per heavy atom. The normalized spacial score (nSPS) is 10.8. The minimum absolute atomic E-state index is 0.0138. The number of nitrogens with one attached hydrogen (secondary N) is 2. The van der Waals surface area contributed by atoms with Crippen LogP contribution in [0.15, 0.2) is 70.9 Å². The van der Waals surface area contributed by atoms with Crippen molar-refractivity contribution in [2.45, 2.75) is 18.2 Å². The van der Waals surface area contributed by atoms with E-state index in [2.05, 4.69) is 21.9 Å². The van der Waals surface area contributed by atoms with Crippen LogP contribution in [0.5, 0.6) is 0 Å². The Labute approximate surface area is 174 Å². The molecule has 1 amide bonds. The largest absolute Gasteiger partial charge is 0.326 e. The summed E-state index contributed by atoms with van der Waals surface area (Å²) in [6, 6.07) is 17.7. The number of carbonyl (C=O) groups excluding carboxylic acids is 1. The van der Waals surface area contributed by atoms with Crippen LogP contribution in [0, 0.1) is 18.8 Å². The molecule has 0 saturated carbocycles. The van der Waals surface area contributed by atoms with Crippen molar-refractivity contribution in [2.75, 3.05) is 11.9 Å². The summed E-state index contributed by atoms with van der Waals surface area (Å²) in [4.78, 5) is 13.3. The molecule has 5 nitrogen and oxygen atoms in total. The van der Waals surface area contributed by atoms with Crippen molar-refractivity contribution in [2.24, 2.45) is 0 Å². The van der Waals surface area contributed by atoms with Crippen molar-refractivity contribution in [1.29, 1.82) is 0 Å². The number of rotatable bonds is 6. The molecule has 0 fully saturated rings. The summed E-state index contributed by atoms with van der Waals surface area (Å²) in [6.45, 7) is 1.90. The fraction of sp³-hybridized carbons (Fsp3) is 0.136. The number of hydrogen-bond donors (Lipinski definition) is 2. The Bertz CT molecular complexity index is 1140. The summed E-state index contributed by atoms with van der Waals surface area (Å²) >= 11 is 1.57. The Kier molecular flexibility index (Phi) is 6.83. The summed E-state index contributed by atoms with van der Waals surface area (Å²) in [5.74, 6) is 5.86. The van der Waals surface area contributed by atoms with Crippen molar-refractivity contribution in [3.8, 4) is 11.8 Å². The lowest BCUT2D eigenvalue weighted by Gasteiger charge is -2.08. The summed E-state index contributed by atoms with van der Waals surface area (Å²) < 4.78 is 26.9. The van der Waals surface area contributed by atoms with E-state index in [0.29, 0.717) is 5.69 Å². The van der Waals surface area contributed by atoms with E-state index in [0.717, 1.165) is 16.0 Å². The van der Waals surface area contributed by atoms with Crippen molar-refractivity contribution in [3.05, 3.63) is 82.0 Å². The molecule has 2 N–H and O–H groups in total. The van der Waals surface area contributed by atoms with Crippen molar-refractivity contribution in [1.82, 2.24) is 4.72 Å². The smallest absolute Gasteiger partial charge is 0.240 e. The minimum atomic E-state index is -3.63. The molecule has 0 aliphatic rings. The summed E-state index contributed by atoms with van der Waals surface area (Å²) in [6.07, 6.45) is 0.0240. The third-order valence-corrected chi connectivity index (χ3v) is 6.24. The molecule has 0 unspecified atom stereocenters. The zero-order valence-corrected chi connectivity index (χ0v) is 17.4. The first-order valence-corrected chi connectivity index (χ1v) is 11.3. The number of hydrogen-bond acceptors (Lipinski definition) is 4. The maximum Gasteiger partial charge on any atom is 0.240 e. The van der Waals surface area contributed by atoms with E-state index in [1.54, 1.807) is 47.7 Å². The van der Waals surface area contributed by atoms with Gasteiger partial charge in [-0.25, -0.2) is 13.1 Å². The van der Waals surface area contributed by atoms with Crippen LogP contribution in [0.2, 0.25) is 0 Å². The molecule has 3 aromatic rings. The fourth-order valence-corrected chi connectivity index (χ4v) is 4.08. The van der Waals surface area contributed by atoms with E-state index in [1.165, 1.54) is 0 Å². The van der Waals surface area contributed by atoms with E-state index in [-0.39, 0.29) is 23.8 Å². The van der Waals surface area contributed by atoms with E-state index >= 15 is 0 Å². The van der Waals surface area contributed by atoms with Crippen molar-refractivity contribution in [3.63, 3.8) is 0 Å². The Morgan fingerprint density at radius 1 is 1.03 bits per heavy atom. The zero-order valence-electron chi connectivity index (χ0n) is 15.8. The second-order valence-corrected chi connectivity index (χ2v) is 9.03. The summed E-state index contributed by atoms with van der Waals surface area (Å²) in [7, 11) is -3.63. The monoisotopic (exact) mass is 424 g/mol. The number of benzene rings is 2. The lowest BCUT2D eigenvalue weighted by molar-refractivity contribution is -0.116. The minimum Gasteiger partial charge on any atom is -0.326 e. The van der Waals surface area contributed by atoms with Crippen LogP contribution >= 0.6 is 11.3 Å². The van der Waals surface area contributed by atoms with Crippen LogP contribution in [-0.4, -0.2) is 20.9 Å². The van der Waals surface area contributed by atoms with Gasteiger partial charge in [0.1, 0.15) is 0 Å². The molecule has 0 atom stereocenters. The van der Waals surface area contributed by atoms with Crippen LogP contribution in [0.25, 0.3) is 0 Å². The molecule has 29 heavy (non-hydrogen) atoms. The van der Waals surface area contributed by atoms with Crippen LogP contribution in [-0.2, 0) is 14.8 Å². The molecular formula is C22H20N2O3S2. The number of carbonyl (C=O) groups is 1. The highest BCUT2D eigenvalue weighted by Crippen LogP contribution is 2.12.